The van der Waals surface area contributed by atoms with Crippen LogP contribution in [0.5, 0.6) is 0 Å². The van der Waals surface area contributed by atoms with Gasteiger partial charge in [0.15, 0.2) is 0 Å². The van der Waals surface area contributed by atoms with Crippen molar-refractivity contribution in [2.24, 2.45) is 10.3 Å². The summed E-state index contributed by atoms with van der Waals surface area (Å²) in [7, 11) is 3.02. The van der Waals surface area contributed by atoms with Gasteiger partial charge >= 0.3 is 0 Å². The van der Waals surface area contributed by atoms with Crippen LogP contribution in [0.1, 0.15) is 19.4 Å². The standard InChI is InChI=1S/C13H18N2O2S/c1-5-18-12-8-6-11(7-9-12)13(15-17-4)10(2)14-16-3/h6-9H,5H2,1-4H3/b14-10+,15-13-. The van der Waals surface area contributed by atoms with Gasteiger partial charge in [0, 0.05) is 10.5 Å². The first-order valence-corrected chi connectivity index (χ1v) is 6.64. The van der Waals surface area contributed by atoms with Gasteiger partial charge in [0.2, 0.25) is 0 Å². The maximum absolute atomic E-state index is 4.85. The Morgan fingerprint density at radius 3 is 2.22 bits per heavy atom. The minimum absolute atomic E-state index is 0.674. The summed E-state index contributed by atoms with van der Waals surface area (Å²) in [5.41, 5.74) is 2.30. The molecule has 0 bridgehead atoms. The van der Waals surface area contributed by atoms with E-state index in [1.54, 1.807) is 11.8 Å². The van der Waals surface area contributed by atoms with Crippen LogP contribution in [0, 0.1) is 0 Å². The second kappa shape index (κ2) is 7.76. The van der Waals surface area contributed by atoms with E-state index < -0.39 is 0 Å². The van der Waals surface area contributed by atoms with Crippen molar-refractivity contribution in [2.45, 2.75) is 18.7 Å². The first-order valence-electron chi connectivity index (χ1n) is 5.65. The highest BCUT2D eigenvalue weighted by Crippen LogP contribution is 2.18. The van der Waals surface area contributed by atoms with E-state index in [0.717, 1.165) is 11.3 Å². The van der Waals surface area contributed by atoms with E-state index >= 15 is 0 Å². The van der Waals surface area contributed by atoms with Gasteiger partial charge in [0.1, 0.15) is 25.6 Å². The SMILES string of the molecule is CCSc1ccc(C(=N\OC)/C(C)=N/OC)cc1. The predicted molar refractivity (Wildman–Crippen MR) is 76.5 cm³/mol. The van der Waals surface area contributed by atoms with Crippen molar-refractivity contribution in [3.63, 3.8) is 0 Å². The van der Waals surface area contributed by atoms with E-state index in [2.05, 4.69) is 29.4 Å². The van der Waals surface area contributed by atoms with Crippen LogP contribution in [-0.2, 0) is 9.68 Å². The third-order valence-corrected chi connectivity index (χ3v) is 3.09. The van der Waals surface area contributed by atoms with Crippen LogP contribution in [-0.4, -0.2) is 31.4 Å². The quantitative estimate of drug-likeness (QED) is 0.451. The molecule has 0 spiro atoms. The molecule has 18 heavy (non-hydrogen) atoms. The summed E-state index contributed by atoms with van der Waals surface area (Å²) in [4.78, 5) is 10.8. The smallest absolute Gasteiger partial charge is 0.134 e. The van der Waals surface area contributed by atoms with Crippen molar-refractivity contribution in [1.29, 1.82) is 0 Å². The Kier molecular flexibility index (Phi) is 6.28. The lowest BCUT2D eigenvalue weighted by Gasteiger charge is -2.06. The first kappa shape index (κ1) is 14.6. The minimum Gasteiger partial charge on any atom is -0.399 e. The third-order valence-electron chi connectivity index (χ3n) is 2.19. The summed E-state index contributed by atoms with van der Waals surface area (Å²) in [5, 5.41) is 7.87. The Hall–Kier alpha value is -1.49. The van der Waals surface area contributed by atoms with Crippen LogP contribution >= 0.6 is 11.8 Å². The predicted octanol–water partition coefficient (Wildman–Crippen LogP) is 3.17. The van der Waals surface area contributed by atoms with Gasteiger partial charge in [-0.25, -0.2) is 0 Å². The Morgan fingerprint density at radius 2 is 1.72 bits per heavy atom. The lowest BCUT2D eigenvalue weighted by molar-refractivity contribution is 0.210. The van der Waals surface area contributed by atoms with E-state index in [0.29, 0.717) is 11.4 Å². The second-order valence-electron chi connectivity index (χ2n) is 3.44. The van der Waals surface area contributed by atoms with Gasteiger partial charge in [-0.3, -0.25) is 0 Å². The maximum Gasteiger partial charge on any atom is 0.134 e. The zero-order valence-corrected chi connectivity index (χ0v) is 12.0. The number of hydrogen-bond acceptors (Lipinski definition) is 5. The van der Waals surface area contributed by atoms with Crippen molar-refractivity contribution in [1.82, 2.24) is 0 Å². The van der Waals surface area contributed by atoms with Crippen LogP contribution in [0.4, 0.5) is 0 Å². The molecule has 0 saturated heterocycles. The summed E-state index contributed by atoms with van der Waals surface area (Å²) >= 11 is 1.80. The molecule has 0 N–H and O–H groups in total. The zero-order chi connectivity index (χ0) is 13.4. The number of nitrogens with zero attached hydrogens (tertiary/aromatic N) is 2. The number of hydrogen-bond donors (Lipinski definition) is 0. The van der Waals surface area contributed by atoms with Gasteiger partial charge in [0.05, 0.1) is 0 Å². The fraction of sp³-hybridized carbons (Fsp3) is 0.385. The Morgan fingerprint density at radius 1 is 1.11 bits per heavy atom. The fourth-order valence-electron chi connectivity index (χ4n) is 1.47. The second-order valence-corrected chi connectivity index (χ2v) is 4.78. The molecule has 0 fully saturated rings. The molecule has 5 heteroatoms. The lowest BCUT2D eigenvalue weighted by Crippen LogP contribution is -2.13. The molecule has 0 atom stereocenters. The van der Waals surface area contributed by atoms with Gasteiger partial charge in [0.25, 0.3) is 0 Å². The molecule has 0 aromatic heterocycles. The number of thioether (sulfide) groups is 1. The van der Waals surface area contributed by atoms with Gasteiger partial charge in [-0.2, -0.15) is 0 Å². The molecule has 1 aromatic rings. The molecular weight excluding hydrogens is 248 g/mol. The summed E-state index contributed by atoms with van der Waals surface area (Å²) in [6, 6.07) is 8.14. The molecule has 0 aliphatic rings. The maximum atomic E-state index is 4.85. The van der Waals surface area contributed by atoms with Crippen LogP contribution in [0.15, 0.2) is 39.5 Å². The van der Waals surface area contributed by atoms with E-state index in [9.17, 15) is 0 Å². The fourth-order valence-corrected chi connectivity index (χ4v) is 2.14. The molecule has 0 aliphatic carbocycles. The summed E-state index contributed by atoms with van der Waals surface area (Å²) in [5.74, 6) is 1.06. The van der Waals surface area contributed by atoms with E-state index in [1.807, 2.05) is 19.1 Å². The summed E-state index contributed by atoms with van der Waals surface area (Å²) < 4.78 is 0. The third kappa shape index (κ3) is 4.07. The molecular formula is C13H18N2O2S. The normalized spacial score (nSPS) is 12.4. The van der Waals surface area contributed by atoms with Crippen LogP contribution in [0.3, 0.4) is 0 Å². The Balaban J connectivity index is 3.00. The van der Waals surface area contributed by atoms with Crippen molar-refractivity contribution >= 4 is 23.2 Å². The minimum atomic E-state index is 0.674. The molecule has 0 aliphatic heterocycles. The van der Waals surface area contributed by atoms with Gasteiger partial charge in [-0.05, 0) is 24.8 Å². The van der Waals surface area contributed by atoms with E-state index in [1.165, 1.54) is 19.1 Å². The van der Waals surface area contributed by atoms with Crippen LogP contribution < -0.4 is 0 Å². The van der Waals surface area contributed by atoms with Crippen LogP contribution in [0.2, 0.25) is 0 Å². The monoisotopic (exact) mass is 266 g/mol. The summed E-state index contributed by atoms with van der Waals surface area (Å²) in [6.07, 6.45) is 0. The van der Waals surface area contributed by atoms with Gasteiger partial charge in [-0.1, -0.05) is 29.4 Å². The van der Waals surface area contributed by atoms with Crippen molar-refractivity contribution in [2.75, 3.05) is 20.0 Å². The summed E-state index contributed by atoms with van der Waals surface area (Å²) in [6.45, 7) is 3.96. The number of oxime groups is 2. The Bertz CT molecular complexity index is 427. The van der Waals surface area contributed by atoms with Crippen molar-refractivity contribution < 1.29 is 9.68 Å². The van der Waals surface area contributed by atoms with Crippen molar-refractivity contribution in [3.8, 4) is 0 Å². The highest BCUT2D eigenvalue weighted by atomic mass is 32.2. The van der Waals surface area contributed by atoms with Gasteiger partial charge in [-0.15, -0.1) is 11.8 Å². The number of benzene rings is 1. The zero-order valence-electron chi connectivity index (χ0n) is 11.1. The number of rotatable bonds is 6. The molecule has 0 unspecified atom stereocenters. The van der Waals surface area contributed by atoms with Crippen LogP contribution in [0.25, 0.3) is 0 Å². The largest absolute Gasteiger partial charge is 0.399 e. The average Bonchev–Trinajstić information content (AvgIpc) is 2.38. The average molecular weight is 266 g/mol. The molecule has 0 amide bonds. The van der Waals surface area contributed by atoms with Gasteiger partial charge < -0.3 is 9.68 Å². The highest BCUT2D eigenvalue weighted by Gasteiger charge is 2.09. The molecule has 1 aromatic carbocycles. The highest BCUT2D eigenvalue weighted by molar-refractivity contribution is 7.99. The Labute approximate surface area is 112 Å². The molecule has 1 rings (SSSR count). The first-order chi connectivity index (χ1) is 8.72. The molecule has 0 radical (unpaired) electrons. The lowest BCUT2D eigenvalue weighted by atomic mass is 10.1. The van der Waals surface area contributed by atoms with Crippen molar-refractivity contribution in [3.05, 3.63) is 29.8 Å². The molecule has 0 heterocycles. The topological polar surface area (TPSA) is 43.2 Å². The molecule has 0 saturated carbocycles. The van der Waals surface area contributed by atoms with E-state index in [-0.39, 0.29) is 0 Å². The molecule has 98 valence electrons. The van der Waals surface area contributed by atoms with E-state index in [4.69, 9.17) is 9.68 Å². The molecule has 4 nitrogen and oxygen atoms in total.